The van der Waals surface area contributed by atoms with Crippen molar-refractivity contribution >= 4 is 27.5 Å². The number of hydrogen-bond acceptors (Lipinski definition) is 4. The molecule has 0 saturated carbocycles. The van der Waals surface area contributed by atoms with E-state index in [0.717, 1.165) is 18.4 Å². The Hall–Kier alpha value is -2.71. The van der Waals surface area contributed by atoms with Crippen LogP contribution in [0.4, 0.5) is 5.69 Å². The molecule has 0 saturated heterocycles. The van der Waals surface area contributed by atoms with Crippen molar-refractivity contribution in [3.63, 3.8) is 0 Å². The summed E-state index contributed by atoms with van der Waals surface area (Å²) in [6.07, 6.45) is 5.17. The summed E-state index contributed by atoms with van der Waals surface area (Å²) in [4.78, 5) is 24.5. The van der Waals surface area contributed by atoms with E-state index in [-0.39, 0.29) is 10.9 Å². The predicted molar refractivity (Wildman–Crippen MR) is 111 cm³/mol. The van der Waals surface area contributed by atoms with Crippen LogP contribution in [-0.4, -0.2) is 20.2 Å². The maximum Gasteiger partial charge on any atom is 0.313 e. The molecular formula is C21H25N3O4S. The number of carbonyl (C=O) groups is 2. The molecule has 154 valence electrons. The lowest BCUT2D eigenvalue weighted by Gasteiger charge is -2.21. The summed E-state index contributed by atoms with van der Waals surface area (Å²) in [5, 5.41) is 10.3. The minimum atomic E-state index is -3.81. The average Bonchev–Trinajstić information content (AvgIpc) is 2.71. The fourth-order valence-corrected chi connectivity index (χ4v) is 4.05. The van der Waals surface area contributed by atoms with Gasteiger partial charge in [-0.25, -0.2) is 13.6 Å². The Morgan fingerprint density at radius 2 is 1.66 bits per heavy atom. The summed E-state index contributed by atoms with van der Waals surface area (Å²) < 4.78 is 22.6. The normalized spacial score (nSPS) is 14.6. The number of sulfonamides is 1. The zero-order chi connectivity index (χ0) is 21.0. The molecule has 0 heterocycles. The van der Waals surface area contributed by atoms with Crippen LogP contribution in [0.5, 0.6) is 0 Å². The minimum Gasteiger partial charge on any atom is -0.341 e. The molecule has 1 aliphatic rings. The van der Waals surface area contributed by atoms with Gasteiger partial charge >= 0.3 is 11.8 Å². The fourth-order valence-electron chi connectivity index (χ4n) is 3.53. The zero-order valence-electron chi connectivity index (χ0n) is 16.3. The van der Waals surface area contributed by atoms with Gasteiger partial charge in [-0.3, -0.25) is 9.59 Å². The molecule has 2 aromatic rings. The smallest absolute Gasteiger partial charge is 0.313 e. The number of amides is 2. The maximum absolute atomic E-state index is 12.4. The van der Waals surface area contributed by atoms with Crippen molar-refractivity contribution in [2.75, 3.05) is 5.32 Å². The lowest BCUT2D eigenvalue weighted by molar-refractivity contribution is -0.136. The van der Waals surface area contributed by atoms with Crippen LogP contribution in [0, 0.1) is 0 Å². The van der Waals surface area contributed by atoms with Crippen molar-refractivity contribution in [3.8, 4) is 0 Å². The van der Waals surface area contributed by atoms with E-state index in [2.05, 4.69) is 22.8 Å². The molecule has 7 nitrogen and oxygen atoms in total. The van der Waals surface area contributed by atoms with E-state index in [1.54, 1.807) is 0 Å². The van der Waals surface area contributed by atoms with E-state index in [9.17, 15) is 18.0 Å². The minimum absolute atomic E-state index is 0.0709. The molecule has 2 amide bonds. The third kappa shape index (κ3) is 5.21. The summed E-state index contributed by atoms with van der Waals surface area (Å²) >= 11 is 0. The standard InChI is InChI=1S/C21H25N3O4S/c1-2-19(16-8-7-14-5-3-4-6-15(14)13-16)24-21(26)20(25)23-17-9-11-18(12-10-17)29(22,27)28/h7-13,19H,2-6H2,1H3,(H,23,25)(H,24,26)(H2,22,27,28). The average molecular weight is 416 g/mol. The predicted octanol–water partition coefficient (Wildman–Crippen LogP) is 2.42. The van der Waals surface area contributed by atoms with Crippen molar-refractivity contribution in [1.82, 2.24) is 5.32 Å². The van der Waals surface area contributed by atoms with Gasteiger partial charge in [0.1, 0.15) is 0 Å². The van der Waals surface area contributed by atoms with Gasteiger partial charge < -0.3 is 10.6 Å². The Morgan fingerprint density at radius 1 is 1.00 bits per heavy atom. The topological polar surface area (TPSA) is 118 Å². The molecule has 8 heteroatoms. The van der Waals surface area contributed by atoms with Crippen LogP contribution < -0.4 is 15.8 Å². The second kappa shape index (κ2) is 8.75. The fraction of sp³-hybridized carbons (Fsp3) is 0.333. The molecule has 0 spiro atoms. The molecule has 3 rings (SSSR count). The SMILES string of the molecule is CCC(NC(=O)C(=O)Nc1ccc(S(N)(=O)=O)cc1)c1ccc2c(c1)CCCC2. The Labute approximate surface area is 170 Å². The van der Waals surface area contributed by atoms with Crippen molar-refractivity contribution < 1.29 is 18.0 Å². The summed E-state index contributed by atoms with van der Waals surface area (Å²) in [5.74, 6) is -1.56. The quantitative estimate of drug-likeness (QED) is 0.650. The van der Waals surface area contributed by atoms with Gasteiger partial charge in [-0.15, -0.1) is 0 Å². The number of hydrogen-bond donors (Lipinski definition) is 3. The number of anilines is 1. The highest BCUT2D eigenvalue weighted by Gasteiger charge is 2.20. The molecule has 0 aliphatic heterocycles. The third-order valence-electron chi connectivity index (χ3n) is 5.14. The monoisotopic (exact) mass is 415 g/mol. The van der Waals surface area contributed by atoms with Crippen LogP contribution in [0.1, 0.15) is 48.9 Å². The Kier molecular flexibility index (Phi) is 6.34. The van der Waals surface area contributed by atoms with E-state index in [1.165, 1.54) is 48.2 Å². The highest BCUT2D eigenvalue weighted by molar-refractivity contribution is 7.89. The molecular weight excluding hydrogens is 390 g/mol. The molecule has 0 fully saturated rings. The second-order valence-corrected chi connectivity index (χ2v) is 8.75. The molecule has 4 N–H and O–H groups in total. The largest absolute Gasteiger partial charge is 0.341 e. The molecule has 29 heavy (non-hydrogen) atoms. The summed E-state index contributed by atoms with van der Waals surface area (Å²) in [7, 11) is -3.81. The molecule has 2 aromatic carbocycles. The van der Waals surface area contributed by atoms with Crippen LogP contribution in [-0.2, 0) is 32.5 Å². The van der Waals surface area contributed by atoms with Gasteiger partial charge in [0.05, 0.1) is 10.9 Å². The number of fused-ring (bicyclic) bond motifs is 1. The van der Waals surface area contributed by atoms with E-state index >= 15 is 0 Å². The van der Waals surface area contributed by atoms with Crippen LogP contribution in [0.2, 0.25) is 0 Å². The van der Waals surface area contributed by atoms with E-state index < -0.39 is 21.8 Å². The molecule has 0 aromatic heterocycles. The van der Waals surface area contributed by atoms with Crippen molar-refractivity contribution in [1.29, 1.82) is 0 Å². The van der Waals surface area contributed by atoms with Gasteiger partial charge in [-0.1, -0.05) is 25.1 Å². The van der Waals surface area contributed by atoms with E-state index in [0.29, 0.717) is 12.1 Å². The van der Waals surface area contributed by atoms with Gasteiger partial charge in [0, 0.05) is 5.69 Å². The first-order valence-corrected chi connectivity index (χ1v) is 11.2. The number of rotatable bonds is 5. The third-order valence-corrected chi connectivity index (χ3v) is 6.06. The zero-order valence-corrected chi connectivity index (χ0v) is 17.1. The van der Waals surface area contributed by atoms with Crippen LogP contribution in [0.3, 0.4) is 0 Å². The van der Waals surface area contributed by atoms with Crippen molar-refractivity contribution in [3.05, 3.63) is 59.2 Å². The highest BCUT2D eigenvalue weighted by atomic mass is 32.2. The number of nitrogens with two attached hydrogens (primary N) is 1. The molecule has 0 radical (unpaired) electrons. The van der Waals surface area contributed by atoms with Crippen molar-refractivity contribution in [2.45, 2.75) is 50.0 Å². The van der Waals surface area contributed by atoms with Crippen LogP contribution in [0.15, 0.2) is 47.4 Å². The Bertz CT molecular complexity index is 1020. The lowest BCUT2D eigenvalue weighted by atomic mass is 9.89. The van der Waals surface area contributed by atoms with Crippen LogP contribution in [0.25, 0.3) is 0 Å². The Morgan fingerprint density at radius 3 is 2.28 bits per heavy atom. The maximum atomic E-state index is 12.4. The number of nitrogens with one attached hydrogen (secondary N) is 2. The van der Waals surface area contributed by atoms with E-state index in [4.69, 9.17) is 5.14 Å². The lowest BCUT2D eigenvalue weighted by Crippen LogP contribution is -2.37. The Balaban J connectivity index is 1.65. The first kappa shape index (κ1) is 21.0. The molecule has 1 aliphatic carbocycles. The molecule has 1 atom stereocenters. The summed E-state index contributed by atoms with van der Waals surface area (Å²) in [5.41, 5.74) is 3.98. The van der Waals surface area contributed by atoms with Gasteiger partial charge in [0.25, 0.3) is 0 Å². The van der Waals surface area contributed by atoms with Gasteiger partial charge in [-0.2, -0.15) is 0 Å². The van der Waals surface area contributed by atoms with Gasteiger partial charge in [-0.05, 0) is 73.1 Å². The van der Waals surface area contributed by atoms with E-state index in [1.807, 2.05) is 13.0 Å². The number of carbonyl (C=O) groups excluding carboxylic acids is 2. The summed E-state index contributed by atoms with van der Waals surface area (Å²) in [6.45, 7) is 1.95. The number of primary sulfonamides is 1. The molecule has 0 bridgehead atoms. The first-order chi connectivity index (χ1) is 13.8. The molecule has 1 unspecified atom stereocenters. The van der Waals surface area contributed by atoms with Gasteiger partial charge in [0.2, 0.25) is 10.0 Å². The van der Waals surface area contributed by atoms with Crippen molar-refractivity contribution in [2.24, 2.45) is 5.14 Å². The second-order valence-electron chi connectivity index (χ2n) is 7.19. The first-order valence-electron chi connectivity index (χ1n) is 9.64. The van der Waals surface area contributed by atoms with Crippen LogP contribution >= 0.6 is 0 Å². The highest BCUT2D eigenvalue weighted by Crippen LogP contribution is 2.26. The number of aryl methyl sites for hydroxylation is 2. The van der Waals surface area contributed by atoms with Gasteiger partial charge in [0.15, 0.2) is 0 Å². The summed E-state index contributed by atoms with van der Waals surface area (Å²) in [6, 6.07) is 11.3. The number of benzene rings is 2.